The molecule has 1 aliphatic rings. The van der Waals surface area contributed by atoms with Crippen LogP contribution in [-0.4, -0.2) is 31.3 Å². The highest BCUT2D eigenvalue weighted by Gasteiger charge is 2.21. The van der Waals surface area contributed by atoms with Crippen LogP contribution in [0.5, 0.6) is 0 Å². The van der Waals surface area contributed by atoms with E-state index in [0.717, 1.165) is 18.7 Å². The number of hydrogen-bond donors (Lipinski definition) is 0. The van der Waals surface area contributed by atoms with Crippen LogP contribution in [0.25, 0.3) is 0 Å². The quantitative estimate of drug-likeness (QED) is 0.857. The Morgan fingerprint density at radius 3 is 2.95 bits per heavy atom. The molecule has 2 aromatic rings. The van der Waals surface area contributed by atoms with Crippen LogP contribution in [0.4, 0.5) is 5.88 Å². The van der Waals surface area contributed by atoms with Crippen LogP contribution in [0, 0.1) is 11.3 Å². The molecule has 0 aliphatic carbocycles. The minimum atomic E-state index is 0.368. The zero-order chi connectivity index (χ0) is 13.1. The molecule has 0 unspecified atom stereocenters. The number of nitriles is 1. The van der Waals surface area contributed by atoms with Crippen LogP contribution in [0.3, 0.4) is 0 Å². The van der Waals surface area contributed by atoms with Crippen molar-refractivity contribution >= 4 is 17.2 Å². The summed E-state index contributed by atoms with van der Waals surface area (Å²) >= 11 is 1.64. The SMILES string of the molecule is N#Cc1nc(Cc2ccsc2)oc1N1CCOCC1. The zero-order valence-corrected chi connectivity index (χ0v) is 11.2. The standard InChI is InChI=1S/C13H13N3O2S/c14-8-11-13(16-2-4-17-5-3-16)18-12(15-11)7-10-1-6-19-9-10/h1,6,9H,2-5,7H2. The molecule has 2 aromatic heterocycles. The van der Waals surface area contributed by atoms with Gasteiger partial charge >= 0.3 is 0 Å². The lowest BCUT2D eigenvalue weighted by molar-refractivity contribution is 0.120. The lowest BCUT2D eigenvalue weighted by atomic mass is 10.2. The van der Waals surface area contributed by atoms with Gasteiger partial charge in [-0.05, 0) is 22.4 Å². The fraction of sp³-hybridized carbons (Fsp3) is 0.385. The van der Waals surface area contributed by atoms with E-state index in [1.165, 1.54) is 0 Å². The Hall–Kier alpha value is -1.84. The summed E-state index contributed by atoms with van der Waals surface area (Å²) in [7, 11) is 0. The Bertz CT molecular complexity index is 580. The van der Waals surface area contributed by atoms with E-state index < -0.39 is 0 Å². The monoisotopic (exact) mass is 275 g/mol. The van der Waals surface area contributed by atoms with Crippen LogP contribution < -0.4 is 4.90 Å². The number of ether oxygens (including phenoxy) is 1. The maximum atomic E-state index is 9.16. The Kier molecular flexibility index (Phi) is 3.49. The zero-order valence-electron chi connectivity index (χ0n) is 10.3. The third-order valence-electron chi connectivity index (χ3n) is 2.99. The minimum Gasteiger partial charge on any atom is -0.423 e. The van der Waals surface area contributed by atoms with Gasteiger partial charge in [0.2, 0.25) is 17.5 Å². The maximum absolute atomic E-state index is 9.16. The first-order chi connectivity index (χ1) is 9.36. The normalized spacial score (nSPS) is 15.4. The summed E-state index contributed by atoms with van der Waals surface area (Å²) in [6, 6.07) is 4.15. The van der Waals surface area contributed by atoms with E-state index in [1.807, 2.05) is 16.3 Å². The van der Waals surface area contributed by atoms with Crippen LogP contribution in [0.15, 0.2) is 21.2 Å². The van der Waals surface area contributed by atoms with Gasteiger partial charge in [-0.1, -0.05) is 0 Å². The lowest BCUT2D eigenvalue weighted by Gasteiger charge is -2.25. The van der Waals surface area contributed by atoms with Crippen molar-refractivity contribution in [3.8, 4) is 6.07 Å². The summed E-state index contributed by atoms with van der Waals surface area (Å²) in [5.74, 6) is 1.17. The van der Waals surface area contributed by atoms with Crippen molar-refractivity contribution in [3.63, 3.8) is 0 Å². The highest BCUT2D eigenvalue weighted by Crippen LogP contribution is 2.24. The van der Waals surface area contributed by atoms with Crippen molar-refractivity contribution in [1.82, 2.24) is 4.98 Å². The van der Waals surface area contributed by atoms with Crippen molar-refractivity contribution in [3.05, 3.63) is 34.0 Å². The van der Waals surface area contributed by atoms with Crippen LogP contribution in [0.1, 0.15) is 17.1 Å². The average Bonchev–Trinajstić information content (AvgIpc) is 3.09. The lowest BCUT2D eigenvalue weighted by Crippen LogP contribution is -2.36. The summed E-state index contributed by atoms with van der Waals surface area (Å²) in [6.07, 6.45) is 0.628. The fourth-order valence-electron chi connectivity index (χ4n) is 2.05. The molecule has 0 radical (unpaired) electrons. The summed E-state index contributed by atoms with van der Waals surface area (Å²) in [6.45, 7) is 2.79. The van der Waals surface area contributed by atoms with Crippen molar-refractivity contribution in [1.29, 1.82) is 5.26 Å². The topological polar surface area (TPSA) is 62.3 Å². The molecular weight excluding hydrogens is 262 g/mol. The molecule has 3 heterocycles. The van der Waals surface area contributed by atoms with Gasteiger partial charge in [-0.15, -0.1) is 0 Å². The highest BCUT2D eigenvalue weighted by molar-refractivity contribution is 7.07. The van der Waals surface area contributed by atoms with Crippen molar-refractivity contribution in [2.45, 2.75) is 6.42 Å². The molecule has 0 atom stereocenters. The molecule has 1 saturated heterocycles. The molecule has 98 valence electrons. The number of anilines is 1. The van der Waals surface area contributed by atoms with Gasteiger partial charge in [0.05, 0.1) is 19.6 Å². The predicted octanol–water partition coefficient (Wildman–Crippen LogP) is 2.04. The Balaban J connectivity index is 1.83. The number of hydrogen-bond acceptors (Lipinski definition) is 6. The number of rotatable bonds is 3. The summed E-state index contributed by atoms with van der Waals surface area (Å²) in [5, 5.41) is 13.2. The molecule has 1 aliphatic heterocycles. The molecule has 0 N–H and O–H groups in total. The number of morpholine rings is 1. The van der Waals surface area contributed by atoms with E-state index in [4.69, 9.17) is 14.4 Å². The third-order valence-corrected chi connectivity index (χ3v) is 3.73. The van der Waals surface area contributed by atoms with Gasteiger partial charge in [0.25, 0.3) is 0 Å². The van der Waals surface area contributed by atoms with Gasteiger partial charge in [-0.2, -0.15) is 16.6 Å². The second kappa shape index (κ2) is 5.43. The summed E-state index contributed by atoms with van der Waals surface area (Å²) < 4.78 is 11.1. The van der Waals surface area contributed by atoms with E-state index in [2.05, 4.69) is 16.4 Å². The van der Waals surface area contributed by atoms with Crippen LogP contribution in [0.2, 0.25) is 0 Å². The first-order valence-electron chi connectivity index (χ1n) is 6.10. The highest BCUT2D eigenvalue weighted by atomic mass is 32.1. The van der Waals surface area contributed by atoms with Gasteiger partial charge in [0.1, 0.15) is 6.07 Å². The van der Waals surface area contributed by atoms with Crippen LogP contribution in [-0.2, 0) is 11.2 Å². The summed E-state index contributed by atoms with van der Waals surface area (Å²) in [5.41, 5.74) is 1.52. The smallest absolute Gasteiger partial charge is 0.234 e. The molecule has 5 nitrogen and oxygen atoms in total. The molecule has 3 rings (SSSR count). The molecule has 0 saturated carbocycles. The molecule has 0 bridgehead atoms. The van der Waals surface area contributed by atoms with Gasteiger partial charge in [0.15, 0.2) is 0 Å². The van der Waals surface area contributed by atoms with E-state index in [1.54, 1.807) is 11.3 Å². The maximum Gasteiger partial charge on any atom is 0.234 e. The predicted molar refractivity (Wildman–Crippen MR) is 71.4 cm³/mol. The van der Waals surface area contributed by atoms with Crippen molar-refractivity contribution in [2.24, 2.45) is 0 Å². The van der Waals surface area contributed by atoms with Crippen LogP contribution >= 0.6 is 11.3 Å². The molecular formula is C13H13N3O2S. The Morgan fingerprint density at radius 2 is 2.26 bits per heavy atom. The van der Waals surface area contributed by atoms with E-state index in [-0.39, 0.29) is 0 Å². The Labute approximate surface area is 115 Å². The number of thiophene rings is 1. The molecule has 1 fully saturated rings. The Morgan fingerprint density at radius 1 is 1.42 bits per heavy atom. The van der Waals surface area contributed by atoms with Gasteiger partial charge < -0.3 is 14.1 Å². The molecule has 0 amide bonds. The number of aromatic nitrogens is 1. The van der Waals surface area contributed by atoms with E-state index in [9.17, 15) is 0 Å². The third kappa shape index (κ3) is 2.62. The van der Waals surface area contributed by atoms with E-state index >= 15 is 0 Å². The minimum absolute atomic E-state index is 0.368. The largest absolute Gasteiger partial charge is 0.423 e. The second-order valence-electron chi connectivity index (χ2n) is 4.28. The number of nitrogens with zero attached hydrogens (tertiary/aromatic N) is 3. The van der Waals surface area contributed by atoms with Gasteiger partial charge in [-0.3, -0.25) is 0 Å². The molecule has 0 aromatic carbocycles. The van der Waals surface area contributed by atoms with Crippen molar-refractivity contribution < 1.29 is 9.15 Å². The van der Waals surface area contributed by atoms with E-state index in [0.29, 0.717) is 37.1 Å². The number of oxazole rings is 1. The second-order valence-corrected chi connectivity index (χ2v) is 5.06. The molecule has 0 spiro atoms. The van der Waals surface area contributed by atoms with Gasteiger partial charge in [-0.25, -0.2) is 4.98 Å². The fourth-order valence-corrected chi connectivity index (χ4v) is 2.72. The van der Waals surface area contributed by atoms with Crippen molar-refractivity contribution in [2.75, 3.05) is 31.2 Å². The summed E-state index contributed by atoms with van der Waals surface area (Å²) in [4.78, 5) is 6.29. The first kappa shape index (κ1) is 12.2. The average molecular weight is 275 g/mol. The van der Waals surface area contributed by atoms with Gasteiger partial charge in [0, 0.05) is 13.1 Å². The first-order valence-corrected chi connectivity index (χ1v) is 7.04. The molecule has 6 heteroatoms. The molecule has 19 heavy (non-hydrogen) atoms.